The van der Waals surface area contributed by atoms with E-state index < -0.39 is 0 Å². The second-order valence-corrected chi connectivity index (χ2v) is 4.17. The van der Waals surface area contributed by atoms with Crippen molar-refractivity contribution in [3.05, 3.63) is 23.8 Å². The lowest BCUT2D eigenvalue weighted by atomic mass is 10.1. The molecule has 1 fully saturated rings. The van der Waals surface area contributed by atoms with E-state index in [9.17, 15) is 0 Å². The average Bonchev–Trinajstić information content (AvgIpc) is 2.77. The van der Waals surface area contributed by atoms with Crippen LogP contribution in [0.5, 0.6) is 0 Å². The number of nitriles is 1. The van der Waals surface area contributed by atoms with Crippen LogP contribution in [0.4, 0.5) is 11.4 Å². The molecule has 84 valence electrons. The molecular weight excluding hydrogens is 202 g/mol. The van der Waals surface area contributed by atoms with Crippen LogP contribution in [0.3, 0.4) is 0 Å². The van der Waals surface area contributed by atoms with Crippen molar-refractivity contribution in [2.24, 2.45) is 5.92 Å². The van der Waals surface area contributed by atoms with Crippen molar-refractivity contribution >= 4 is 11.4 Å². The maximum atomic E-state index is 9.08. The highest BCUT2D eigenvalue weighted by molar-refractivity contribution is 5.69. The van der Waals surface area contributed by atoms with Crippen LogP contribution in [0.15, 0.2) is 18.2 Å². The highest BCUT2D eigenvalue weighted by atomic mass is 16.3. The van der Waals surface area contributed by atoms with Gasteiger partial charge in [0.15, 0.2) is 0 Å². The van der Waals surface area contributed by atoms with Gasteiger partial charge in [0.05, 0.1) is 23.0 Å². The summed E-state index contributed by atoms with van der Waals surface area (Å²) in [7, 11) is 0. The van der Waals surface area contributed by atoms with E-state index in [0.717, 1.165) is 25.2 Å². The topological polar surface area (TPSA) is 73.3 Å². The Morgan fingerprint density at radius 3 is 2.94 bits per heavy atom. The molecule has 3 N–H and O–H groups in total. The molecule has 0 saturated carbocycles. The zero-order valence-electron chi connectivity index (χ0n) is 9.06. The smallest absolute Gasteiger partial charge is 0.0992 e. The number of aliphatic hydroxyl groups excluding tert-OH is 1. The van der Waals surface area contributed by atoms with Crippen LogP contribution in [0.2, 0.25) is 0 Å². The molecule has 1 saturated heterocycles. The third kappa shape index (κ3) is 1.95. The number of nitrogens with zero attached hydrogens (tertiary/aromatic N) is 2. The largest absolute Gasteiger partial charge is 0.397 e. The molecule has 0 aromatic heterocycles. The first-order valence-electron chi connectivity index (χ1n) is 5.40. The fourth-order valence-electron chi connectivity index (χ4n) is 2.11. The van der Waals surface area contributed by atoms with Gasteiger partial charge in [0.1, 0.15) is 0 Å². The number of nitrogen functional groups attached to an aromatic ring is 1. The third-order valence-corrected chi connectivity index (χ3v) is 3.04. The highest BCUT2D eigenvalue weighted by Gasteiger charge is 2.23. The monoisotopic (exact) mass is 217 g/mol. The molecule has 1 aromatic rings. The normalized spacial score (nSPS) is 19.8. The van der Waals surface area contributed by atoms with Crippen LogP contribution in [-0.4, -0.2) is 24.8 Å². The van der Waals surface area contributed by atoms with Gasteiger partial charge in [-0.05, 0) is 24.6 Å². The summed E-state index contributed by atoms with van der Waals surface area (Å²) >= 11 is 0. The molecule has 1 heterocycles. The van der Waals surface area contributed by atoms with Crippen LogP contribution < -0.4 is 10.6 Å². The average molecular weight is 217 g/mol. The predicted molar refractivity (Wildman–Crippen MR) is 63.0 cm³/mol. The first kappa shape index (κ1) is 10.8. The molecule has 4 nitrogen and oxygen atoms in total. The molecule has 1 aliphatic heterocycles. The summed E-state index contributed by atoms with van der Waals surface area (Å²) in [6.45, 7) is 1.99. The minimum absolute atomic E-state index is 0.229. The summed E-state index contributed by atoms with van der Waals surface area (Å²) in [5, 5.41) is 17.8. The molecule has 0 bridgehead atoms. The van der Waals surface area contributed by atoms with E-state index in [0.29, 0.717) is 17.2 Å². The zero-order valence-corrected chi connectivity index (χ0v) is 9.06. The van der Waals surface area contributed by atoms with Crippen molar-refractivity contribution in [3.63, 3.8) is 0 Å². The lowest BCUT2D eigenvalue weighted by Crippen LogP contribution is -2.21. The summed E-state index contributed by atoms with van der Waals surface area (Å²) < 4.78 is 0. The van der Waals surface area contributed by atoms with Gasteiger partial charge in [-0.25, -0.2) is 0 Å². The molecule has 1 unspecified atom stereocenters. The van der Waals surface area contributed by atoms with Gasteiger partial charge in [-0.1, -0.05) is 0 Å². The highest BCUT2D eigenvalue weighted by Crippen LogP contribution is 2.29. The first-order chi connectivity index (χ1) is 7.74. The lowest BCUT2D eigenvalue weighted by Gasteiger charge is -2.20. The fraction of sp³-hybridized carbons (Fsp3) is 0.417. The standard InChI is InChI=1S/C12H15N3O/c13-6-9-1-2-12(11(14)5-9)15-4-3-10(7-15)8-16/h1-2,5,10,16H,3-4,7-8,14H2. The molecule has 1 aromatic carbocycles. The molecule has 16 heavy (non-hydrogen) atoms. The van der Waals surface area contributed by atoms with E-state index in [1.54, 1.807) is 12.1 Å². The zero-order chi connectivity index (χ0) is 11.5. The molecular formula is C12H15N3O. The van der Waals surface area contributed by atoms with Crippen molar-refractivity contribution in [3.8, 4) is 6.07 Å². The van der Waals surface area contributed by atoms with Crippen LogP contribution in [0.25, 0.3) is 0 Å². The number of hydrogen-bond donors (Lipinski definition) is 2. The number of anilines is 2. The van der Waals surface area contributed by atoms with Crippen LogP contribution in [0, 0.1) is 17.2 Å². The quantitative estimate of drug-likeness (QED) is 0.724. The van der Waals surface area contributed by atoms with E-state index in [1.807, 2.05) is 6.07 Å². The fourth-order valence-corrected chi connectivity index (χ4v) is 2.11. The Morgan fingerprint density at radius 2 is 2.38 bits per heavy atom. The van der Waals surface area contributed by atoms with Gasteiger partial charge in [-0.2, -0.15) is 5.26 Å². The number of rotatable bonds is 2. The minimum Gasteiger partial charge on any atom is -0.397 e. The van der Waals surface area contributed by atoms with Crippen molar-refractivity contribution in [1.29, 1.82) is 5.26 Å². The summed E-state index contributed by atoms with van der Waals surface area (Å²) in [4.78, 5) is 2.16. The summed E-state index contributed by atoms with van der Waals surface area (Å²) in [5.41, 5.74) is 8.10. The Kier molecular flexibility index (Phi) is 2.97. The second-order valence-electron chi connectivity index (χ2n) is 4.17. The van der Waals surface area contributed by atoms with Crippen molar-refractivity contribution in [2.75, 3.05) is 30.3 Å². The maximum Gasteiger partial charge on any atom is 0.0992 e. The van der Waals surface area contributed by atoms with Gasteiger partial charge in [-0.15, -0.1) is 0 Å². The van der Waals surface area contributed by atoms with Crippen molar-refractivity contribution in [2.45, 2.75) is 6.42 Å². The molecule has 0 aliphatic carbocycles. The lowest BCUT2D eigenvalue weighted by molar-refractivity contribution is 0.238. The Hall–Kier alpha value is -1.73. The number of nitrogens with two attached hydrogens (primary N) is 1. The Balaban J connectivity index is 2.19. The van der Waals surface area contributed by atoms with Crippen molar-refractivity contribution in [1.82, 2.24) is 0 Å². The van der Waals surface area contributed by atoms with E-state index in [2.05, 4.69) is 11.0 Å². The summed E-state index contributed by atoms with van der Waals surface area (Å²) in [6.07, 6.45) is 0.996. The van der Waals surface area contributed by atoms with Crippen LogP contribution in [-0.2, 0) is 0 Å². The van der Waals surface area contributed by atoms with E-state index in [4.69, 9.17) is 16.1 Å². The molecule has 4 heteroatoms. The van der Waals surface area contributed by atoms with Crippen LogP contribution >= 0.6 is 0 Å². The number of benzene rings is 1. The number of aliphatic hydroxyl groups is 1. The molecule has 1 atom stereocenters. The molecule has 0 spiro atoms. The third-order valence-electron chi connectivity index (χ3n) is 3.04. The molecule has 0 radical (unpaired) electrons. The first-order valence-corrected chi connectivity index (χ1v) is 5.40. The SMILES string of the molecule is N#Cc1ccc(N2CCC(CO)C2)c(N)c1. The Morgan fingerprint density at radius 1 is 1.56 bits per heavy atom. The van der Waals surface area contributed by atoms with Crippen molar-refractivity contribution < 1.29 is 5.11 Å². The summed E-state index contributed by atoms with van der Waals surface area (Å²) in [5.74, 6) is 0.343. The van der Waals surface area contributed by atoms with Gasteiger partial charge in [0, 0.05) is 25.6 Å². The van der Waals surface area contributed by atoms with Gasteiger partial charge < -0.3 is 15.7 Å². The Labute approximate surface area is 94.9 Å². The van der Waals surface area contributed by atoms with Gasteiger partial charge in [-0.3, -0.25) is 0 Å². The molecule has 0 amide bonds. The van der Waals surface area contributed by atoms with E-state index >= 15 is 0 Å². The predicted octanol–water partition coefficient (Wildman–Crippen LogP) is 0.959. The van der Waals surface area contributed by atoms with Gasteiger partial charge >= 0.3 is 0 Å². The maximum absolute atomic E-state index is 9.08. The Bertz CT molecular complexity index is 425. The number of hydrogen-bond acceptors (Lipinski definition) is 4. The van der Waals surface area contributed by atoms with Gasteiger partial charge in [0.25, 0.3) is 0 Å². The van der Waals surface area contributed by atoms with Crippen LogP contribution in [0.1, 0.15) is 12.0 Å². The molecule has 1 aliphatic rings. The summed E-state index contributed by atoms with van der Waals surface area (Å²) in [6, 6.07) is 7.42. The van der Waals surface area contributed by atoms with Gasteiger partial charge in [0.2, 0.25) is 0 Å². The minimum atomic E-state index is 0.229. The van der Waals surface area contributed by atoms with E-state index in [-0.39, 0.29) is 6.61 Å². The molecule has 2 rings (SSSR count). The second kappa shape index (κ2) is 4.42. The van der Waals surface area contributed by atoms with E-state index in [1.165, 1.54) is 0 Å².